The third kappa shape index (κ3) is 3.43. The molecule has 0 unspecified atom stereocenters. The normalized spacial score (nSPS) is 13.8. The van der Waals surface area contributed by atoms with Crippen molar-refractivity contribution in [3.8, 4) is 5.75 Å². The van der Waals surface area contributed by atoms with E-state index in [-0.39, 0.29) is 35.0 Å². The van der Waals surface area contributed by atoms with Crippen molar-refractivity contribution in [1.82, 2.24) is 14.6 Å². The molecule has 1 aromatic heterocycles. The number of hydrogen-bond acceptors (Lipinski definition) is 6. The number of nitrogens with one attached hydrogen (secondary N) is 1. The summed E-state index contributed by atoms with van der Waals surface area (Å²) >= 11 is 0. The van der Waals surface area contributed by atoms with Crippen molar-refractivity contribution in [3.05, 3.63) is 52.8 Å². The Morgan fingerprint density at radius 3 is 2.52 bits per heavy atom. The van der Waals surface area contributed by atoms with E-state index in [1.54, 1.807) is 19.1 Å². The Balaban J connectivity index is 1.74. The van der Waals surface area contributed by atoms with Crippen molar-refractivity contribution in [1.29, 1.82) is 0 Å². The first-order valence-corrected chi connectivity index (χ1v) is 9.70. The summed E-state index contributed by atoms with van der Waals surface area (Å²) in [6.07, 6.45) is 1.43. The maximum atomic E-state index is 12.6. The van der Waals surface area contributed by atoms with Crippen LogP contribution in [0.1, 0.15) is 32.0 Å². The molecule has 1 aliphatic heterocycles. The number of methoxy groups -OCH3 is 1. The van der Waals surface area contributed by atoms with E-state index < -0.39 is 21.8 Å². The van der Waals surface area contributed by atoms with Crippen LogP contribution in [0.3, 0.4) is 0 Å². The lowest BCUT2D eigenvalue weighted by molar-refractivity contribution is 0.0655. The van der Waals surface area contributed by atoms with Crippen molar-refractivity contribution >= 4 is 21.8 Å². The maximum Gasteiger partial charge on any atom is 0.280 e. The molecule has 9 heteroatoms. The Bertz CT molecular complexity index is 998. The van der Waals surface area contributed by atoms with E-state index in [1.165, 1.54) is 25.4 Å². The average Bonchev–Trinajstić information content (AvgIpc) is 2.88. The number of aryl methyl sites for hydroxylation is 2. The number of ether oxygens (including phenoxy) is 1. The number of carbonyl (C=O) groups is 2. The lowest BCUT2D eigenvalue weighted by atomic mass is 10.1. The molecular formula is C18H19N3O5S. The molecular weight excluding hydrogens is 370 g/mol. The number of amides is 2. The van der Waals surface area contributed by atoms with Crippen LogP contribution in [0.5, 0.6) is 5.75 Å². The van der Waals surface area contributed by atoms with Gasteiger partial charge in [0.2, 0.25) is 10.0 Å². The lowest BCUT2D eigenvalue weighted by Crippen LogP contribution is -2.38. The van der Waals surface area contributed by atoms with Crippen LogP contribution in [0.25, 0.3) is 0 Å². The Hall–Kier alpha value is -2.78. The van der Waals surface area contributed by atoms with Crippen LogP contribution in [0.4, 0.5) is 0 Å². The maximum absolute atomic E-state index is 12.6. The fourth-order valence-corrected chi connectivity index (χ4v) is 4.07. The number of aromatic nitrogens is 1. The summed E-state index contributed by atoms with van der Waals surface area (Å²) in [5.41, 5.74) is 2.02. The zero-order valence-electron chi connectivity index (χ0n) is 15.1. The third-order valence-corrected chi connectivity index (χ3v) is 5.91. The summed E-state index contributed by atoms with van der Waals surface area (Å²) in [4.78, 5) is 29.5. The molecule has 1 aliphatic rings. The molecule has 0 spiro atoms. The highest BCUT2D eigenvalue weighted by molar-refractivity contribution is 7.89. The molecule has 2 aromatic rings. The van der Waals surface area contributed by atoms with E-state index in [2.05, 4.69) is 9.71 Å². The highest BCUT2D eigenvalue weighted by Gasteiger charge is 2.36. The molecule has 2 amide bonds. The highest BCUT2D eigenvalue weighted by atomic mass is 32.2. The summed E-state index contributed by atoms with van der Waals surface area (Å²) in [6, 6.07) is 6.27. The van der Waals surface area contributed by atoms with Crippen LogP contribution in [0, 0.1) is 13.8 Å². The zero-order valence-corrected chi connectivity index (χ0v) is 16.0. The average molecular weight is 389 g/mol. The first kappa shape index (κ1) is 19.0. The first-order chi connectivity index (χ1) is 12.8. The summed E-state index contributed by atoms with van der Waals surface area (Å²) in [5.74, 6) is -0.778. The zero-order chi connectivity index (χ0) is 19.8. The van der Waals surface area contributed by atoms with Gasteiger partial charge in [-0.15, -0.1) is 0 Å². The molecule has 0 saturated carbocycles. The van der Waals surface area contributed by atoms with E-state index in [9.17, 15) is 18.0 Å². The quantitative estimate of drug-likeness (QED) is 0.746. The second-order valence-electron chi connectivity index (χ2n) is 6.15. The number of pyridine rings is 1. The molecule has 1 aromatic carbocycles. The van der Waals surface area contributed by atoms with Crippen molar-refractivity contribution in [3.63, 3.8) is 0 Å². The van der Waals surface area contributed by atoms with Crippen molar-refractivity contribution in [2.45, 2.75) is 18.7 Å². The Morgan fingerprint density at radius 1 is 1.15 bits per heavy atom. The van der Waals surface area contributed by atoms with E-state index in [0.717, 1.165) is 16.0 Å². The number of benzene rings is 1. The monoisotopic (exact) mass is 389 g/mol. The minimum Gasteiger partial charge on any atom is -0.495 e. The van der Waals surface area contributed by atoms with Crippen molar-refractivity contribution in [2.24, 2.45) is 0 Å². The molecule has 0 atom stereocenters. The molecule has 3 rings (SSSR count). The fourth-order valence-electron chi connectivity index (χ4n) is 2.82. The molecule has 0 saturated heterocycles. The molecule has 142 valence electrons. The summed E-state index contributed by atoms with van der Waals surface area (Å²) in [6.45, 7) is 3.45. The minimum absolute atomic E-state index is 0.0112. The number of nitrogens with zero attached hydrogens (tertiary/aromatic N) is 2. The van der Waals surface area contributed by atoms with E-state index in [0.29, 0.717) is 0 Å². The van der Waals surface area contributed by atoms with Gasteiger partial charge < -0.3 is 4.74 Å². The number of carbonyl (C=O) groups excluding carboxylic acids is 2. The van der Waals surface area contributed by atoms with Gasteiger partial charge in [0.15, 0.2) is 0 Å². The van der Waals surface area contributed by atoms with Gasteiger partial charge in [-0.05, 0) is 49.2 Å². The van der Waals surface area contributed by atoms with Gasteiger partial charge in [0.25, 0.3) is 11.8 Å². The number of sulfonamides is 1. The second kappa shape index (κ2) is 7.09. The molecule has 1 N–H and O–H groups in total. The van der Waals surface area contributed by atoms with Gasteiger partial charge >= 0.3 is 0 Å². The van der Waals surface area contributed by atoms with Gasteiger partial charge in [-0.25, -0.2) is 13.1 Å². The van der Waals surface area contributed by atoms with Gasteiger partial charge in [0, 0.05) is 19.3 Å². The third-order valence-electron chi connectivity index (χ3n) is 4.43. The molecule has 0 fully saturated rings. The van der Waals surface area contributed by atoms with Gasteiger partial charge in [-0.3, -0.25) is 19.5 Å². The van der Waals surface area contributed by atoms with Crippen LogP contribution in [-0.2, 0) is 10.0 Å². The van der Waals surface area contributed by atoms with Gasteiger partial charge in [0.05, 0.1) is 12.7 Å². The predicted octanol–water partition coefficient (Wildman–Crippen LogP) is 1.28. The summed E-state index contributed by atoms with van der Waals surface area (Å²) < 4.78 is 32.9. The summed E-state index contributed by atoms with van der Waals surface area (Å²) in [5, 5.41) is 0. The molecule has 2 heterocycles. The minimum atomic E-state index is -3.88. The predicted molar refractivity (Wildman–Crippen MR) is 97.3 cm³/mol. The Labute approximate surface area is 157 Å². The Morgan fingerprint density at radius 2 is 1.85 bits per heavy atom. The van der Waals surface area contributed by atoms with E-state index in [1.807, 2.05) is 6.92 Å². The highest BCUT2D eigenvalue weighted by Crippen LogP contribution is 2.27. The van der Waals surface area contributed by atoms with Gasteiger partial charge in [-0.1, -0.05) is 0 Å². The number of imide groups is 1. The van der Waals surface area contributed by atoms with Gasteiger partial charge in [-0.2, -0.15) is 0 Å². The van der Waals surface area contributed by atoms with Crippen LogP contribution in [0.2, 0.25) is 0 Å². The molecule has 0 aliphatic carbocycles. The second-order valence-corrected chi connectivity index (χ2v) is 7.88. The summed E-state index contributed by atoms with van der Waals surface area (Å²) in [7, 11) is -2.48. The number of rotatable bonds is 6. The number of fused-ring (bicyclic) bond motifs is 1. The van der Waals surface area contributed by atoms with E-state index in [4.69, 9.17) is 4.74 Å². The smallest absolute Gasteiger partial charge is 0.280 e. The van der Waals surface area contributed by atoms with Crippen LogP contribution in [0.15, 0.2) is 35.4 Å². The fraction of sp³-hybridized carbons (Fsp3) is 0.278. The standard InChI is InChI=1S/C18H19N3O5S/c1-11-9-14(26-3)15(10-12(11)2)27(24,25)20-7-8-21-17(22)13-5-4-6-19-16(13)18(21)23/h4-6,9-10,20H,7-8H2,1-3H3. The molecule has 0 radical (unpaired) electrons. The Kier molecular flexibility index (Phi) is 4.99. The van der Waals surface area contributed by atoms with Crippen molar-refractivity contribution < 1.29 is 22.7 Å². The number of hydrogen-bond donors (Lipinski definition) is 1. The largest absolute Gasteiger partial charge is 0.495 e. The van der Waals surface area contributed by atoms with Crippen molar-refractivity contribution in [2.75, 3.05) is 20.2 Å². The van der Waals surface area contributed by atoms with Crippen LogP contribution < -0.4 is 9.46 Å². The van der Waals surface area contributed by atoms with Gasteiger partial charge in [0.1, 0.15) is 16.3 Å². The first-order valence-electron chi connectivity index (χ1n) is 8.22. The topological polar surface area (TPSA) is 106 Å². The SMILES string of the molecule is COc1cc(C)c(C)cc1S(=O)(=O)NCCN1C(=O)c2cccnc2C1=O. The van der Waals surface area contributed by atoms with Crippen LogP contribution in [-0.4, -0.2) is 50.3 Å². The lowest BCUT2D eigenvalue weighted by Gasteiger charge is -2.16. The van der Waals surface area contributed by atoms with Crippen LogP contribution >= 0.6 is 0 Å². The molecule has 27 heavy (non-hydrogen) atoms. The molecule has 0 bridgehead atoms. The van der Waals surface area contributed by atoms with E-state index >= 15 is 0 Å². The molecule has 8 nitrogen and oxygen atoms in total.